The van der Waals surface area contributed by atoms with Gasteiger partial charge in [-0.3, -0.25) is 4.79 Å². The van der Waals surface area contributed by atoms with Crippen molar-refractivity contribution >= 4 is 17.3 Å². The summed E-state index contributed by atoms with van der Waals surface area (Å²) >= 11 is 1.59. The molecule has 0 aliphatic heterocycles. The lowest BCUT2D eigenvalue weighted by molar-refractivity contribution is 0.298. The van der Waals surface area contributed by atoms with Gasteiger partial charge in [-0.1, -0.05) is 12.1 Å². The number of pyridine rings is 1. The maximum absolute atomic E-state index is 13.8. The van der Waals surface area contributed by atoms with Crippen LogP contribution < -0.4 is 15.6 Å². The van der Waals surface area contributed by atoms with Gasteiger partial charge in [0.2, 0.25) is 0 Å². The normalized spacial score (nSPS) is 18.3. The van der Waals surface area contributed by atoms with E-state index >= 15 is 0 Å². The number of fused-ring (bicyclic) bond motifs is 1. The standard InChI is InChI=1S/C21H23FN2O2S/c1-23-19-8-16(15-6-5-14(22)7-17(15)19)18-10-24(12-27-2)21(25)9-20(18)26-11-13-3-4-13/h5-10,13,19,23H,3-4,11-12H2,1-2H3. The molecule has 0 spiro atoms. The molecule has 1 heterocycles. The number of aromatic nitrogens is 1. The van der Waals surface area contributed by atoms with Crippen LogP contribution in [0.4, 0.5) is 4.39 Å². The maximum atomic E-state index is 13.8. The Bertz CT molecular complexity index is 950. The SMILES string of the molecule is CNC1C=C(c2cn(CSC)c(=O)cc2OCC2CC2)c2ccc(F)cc21. The van der Waals surface area contributed by atoms with Gasteiger partial charge in [-0.25, -0.2) is 4.39 Å². The van der Waals surface area contributed by atoms with Crippen LogP contribution in [0, 0.1) is 11.7 Å². The molecule has 2 aromatic rings. The minimum atomic E-state index is -0.249. The maximum Gasteiger partial charge on any atom is 0.255 e. The van der Waals surface area contributed by atoms with Gasteiger partial charge in [0.15, 0.2) is 0 Å². The molecular weight excluding hydrogens is 363 g/mol. The van der Waals surface area contributed by atoms with Crippen LogP contribution >= 0.6 is 11.8 Å². The third kappa shape index (κ3) is 3.69. The summed E-state index contributed by atoms with van der Waals surface area (Å²) in [4.78, 5) is 12.5. The monoisotopic (exact) mass is 386 g/mol. The van der Waals surface area contributed by atoms with Gasteiger partial charge >= 0.3 is 0 Å². The molecule has 4 rings (SSSR count). The molecule has 1 unspecified atom stereocenters. The molecule has 6 heteroatoms. The molecule has 0 saturated heterocycles. The number of ether oxygens (including phenoxy) is 1. The predicted octanol–water partition coefficient (Wildman–Crippen LogP) is 3.80. The summed E-state index contributed by atoms with van der Waals surface area (Å²) in [7, 11) is 1.86. The fourth-order valence-corrected chi connectivity index (χ4v) is 3.95. The molecule has 1 aromatic carbocycles. The summed E-state index contributed by atoms with van der Waals surface area (Å²) in [6, 6.07) is 6.38. The summed E-state index contributed by atoms with van der Waals surface area (Å²) in [5, 5.41) is 3.22. The van der Waals surface area contributed by atoms with Crippen LogP contribution in [-0.2, 0) is 5.88 Å². The molecule has 27 heavy (non-hydrogen) atoms. The van der Waals surface area contributed by atoms with E-state index < -0.39 is 0 Å². The summed E-state index contributed by atoms with van der Waals surface area (Å²) < 4.78 is 21.5. The largest absolute Gasteiger partial charge is 0.492 e. The van der Waals surface area contributed by atoms with E-state index in [-0.39, 0.29) is 17.4 Å². The van der Waals surface area contributed by atoms with Gasteiger partial charge in [0.05, 0.1) is 18.5 Å². The summed E-state index contributed by atoms with van der Waals surface area (Å²) in [5.74, 6) is 1.53. The van der Waals surface area contributed by atoms with Gasteiger partial charge in [0.1, 0.15) is 11.6 Å². The Morgan fingerprint density at radius 3 is 2.81 bits per heavy atom. The Hall–Kier alpha value is -2.05. The highest BCUT2D eigenvalue weighted by atomic mass is 32.2. The van der Waals surface area contributed by atoms with E-state index in [9.17, 15) is 9.18 Å². The highest BCUT2D eigenvalue weighted by molar-refractivity contribution is 7.97. The highest BCUT2D eigenvalue weighted by Gasteiger charge is 2.27. The average molecular weight is 386 g/mol. The van der Waals surface area contributed by atoms with E-state index in [4.69, 9.17) is 4.74 Å². The molecular formula is C21H23FN2O2S. The summed E-state index contributed by atoms with van der Waals surface area (Å²) in [5.41, 5.74) is 3.67. The van der Waals surface area contributed by atoms with Crippen molar-refractivity contribution in [1.82, 2.24) is 9.88 Å². The Morgan fingerprint density at radius 1 is 1.30 bits per heavy atom. The first-order valence-corrected chi connectivity index (χ1v) is 10.6. The average Bonchev–Trinajstić information content (AvgIpc) is 3.42. The highest BCUT2D eigenvalue weighted by Crippen LogP contribution is 2.41. The number of nitrogens with one attached hydrogen (secondary N) is 1. The number of hydrogen-bond donors (Lipinski definition) is 1. The Labute approximate surface area is 162 Å². The van der Waals surface area contributed by atoms with Crippen LogP contribution in [0.3, 0.4) is 0 Å². The zero-order valence-electron chi connectivity index (χ0n) is 15.5. The van der Waals surface area contributed by atoms with Gasteiger partial charge in [-0.2, -0.15) is 0 Å². The molecule has 2 aliphatic rings. The number of rotatable bonds is 7. The van der Waals surface area contributed by atoms with Crippen molar-refractivity contribution < 1.29 is 9.13 Å². The third-order valence-corrected chi connectivity index (χ3v) is 5.64. The molecule has 1 saturated carbocycles. The van der Waals surface area contributed by atoms with Crippen molar-refractivity contribution in [3.63, 3.8) is 0 Å². The van der Waals surface area contributed by atoms with Crippen LogP contribution in [0.5, 0.6) is 5.75 Å². The molecule has 2 aliphatic carbocycles. The molecule has 142 valence electrons. The van der Waals surface area contributed by atoms with Gasteiger partial charge in [-0.05, 0) is 60.9 Å². The second kappa shape index (κ2) is 7.52. The molecule has 0 bridgehead atoms. The second-order valence-electron chi connectivity index (χ2n) is 7.11. The molecule has 0 radical (unpaired) electrons. The Kier molecular flexibility index (Phi) is 5.10. The van der Waals surface area contributed by atoms with Crippen LogP contribution in [0.2, 0.25) is 0 Å². The molecule has 1 fully saturated rings. The number of benzene rings is 1. The smallest absolute Gasteiger partial charge is 0.255 e. The van der Waals surface area contributed by atoms with E-state index in [1.54, 1.807) is 28.5 Å². The van der Waals surface area contributed by atoms with E-state index in [1.807, 2.05) is 25.6 Å². The summed E-state index contributed by atoms with van der Waals surface area (Å²) in [6.07, 6.45) is 8.29. The number of halogens is 1. The molecule has 0 amide bonds. The number of thioether (sulfide) groups is 1. The van der Waals surface area contributed by atoms with Gasteiger partial charge in [-0.15, -0.1) is 11.8 Å². The van der Waals surface area contributed by atoms with Crippen molar-refractivity contribution in [2.24, 2.45) is 5.92 Å². The number of likely N-dealkylation sites (N-methyl/N-ethyl adjacent to an activating group) is 1. The van der Waals surface area contributed by atoms with E-state index in [2.05, 4.69) is 11.4 Å². The van der Waals surface area contributed by atoms with E-state index in [1.165, 1.54) is 18.9 Å². The first-order valence-electron chi connectivity index (χ1n) is 9.16. The Morgan fingerprint density at radius 2 is 2.11 bits per heavy atom. The molecule has 1 atom stereocenters. The lowest BCUT2D eigenvalue weighted by Crippen LogP contribution is -2.19. The number of nitrogens with zero attached hydrogens (tertiary/aromatic N) is 1. The minimum absolute atomic E-state index is 0.0667. The van der Waals surface area contributed by atoms with Crippen molar-refractivity contribution in [1.29, 1.82) is 0 Å². The fraction of sp³-hybridized carbons (Fsp3) is 0.381. The third-order valence-electron chi connectivity index (χ3n) is 5.10. The van der Waals surface area contributed by atoms with Crippen LogP contribution in [0.25, 0.3) is 5.57 Å². The molecule has 4 nitrogen and oxygen atoms in total. The quantitative estimate of drug-likeness (QED) is 0.786. The lowest BCUT2D eigenvalue weighted by atomic mass is 9.99. The lowest BCUT2D eigenvalue weighted by Gasteiger charge is -2.15. The second-order valence-corrected chi connectivity index (χ2v) is 7.95. The zero-order valence-corrected chi connectivity index (χ0v) is 16.3. The Balaban J connectivity index is 1.81. The predicted molar refractivity (Wildman–Crippen MR) is 108 cm³/mol. The van der Waals surface area contributed by atoms with Gasteiger partial charge in [0.25, 0.3) is 5.56 Å². The van der Waals surface area contributed by atoms with Gasteiger partial charge in [0, 0.05) is 17.8 Å². The van der Waals surface area contributed by atoms with E-state index in [0.717, 1.165) is 22.3 Å². The van der Waals surface area contributed by atoms with Crippen molar-refractivity contribution in [2.45, 2.75) is 24.8 Å². The van der Waals surface area contributed by atoms with E-state index in [0.29, 0.717) is 24.2 Å². The first-order chi connectivity index (χ1) is 13.1. The van der Waals surface area contributed by atoms with Crippen LogP contribution in [0.15, 0.2) is 41.3 Å². The van der Waals surface area contributed by atoms with Crippen molar-refractivity contribution in [3.05, 3.63) is 69.4 Å². The topological polar surface area (TPSA) is 43.3 Å². The van der Waals surface area contributed by atoms with Crippen molar-refractivity contribution in [2.75, 3.05) is 19.9 Å². The number of hydrogen-bond acceptors (Lipinski definition) is 4. The van der Waals surface area contributed by atoms with Crippen LogP contribution in [0.1, 0.15) is 35.6 Å². The molecule has 1 N–H and O–H groups in total. The molecule has 1 aromatic heterocycles. The summed E-state index contributed by atoms with van der Waals surface area (Å²) in [6.45, 7) is 0.637. The fourth-order valence-electron chi connectivity index (χ4n) is 3.47. The van der Waals surface area contributed by atoms with Crippen LogP contribution in [-0.4, -0.2) is 24.5 Å². The minimum Gasteiger partial charge on any atom is -0.492 e. The van der Waals surface area contributed by atoms with Crippen molar-refractivity contribution in [3.8, 4) is 5.75 Å². The van der Waals surface area contributed by atoms with Gasteiger partial charge < -0.3 is 14.6 Å². The first kappa shape index (κ1) is 18.3. The zero-order chi connectivity index (χ0) is 19.0.